The first-order valence-electron chi connectivity index (χ1n) is 12.4. The molecular weight excluding hydrogens is 472 g/mol. The van der Waals surface area contributed by atoms with Crippen LogP contribution in [0, 0.1) is 0 Å². The number of ether oxygens (including phenoxy) is 3. The summed E-state index contributed by atoms with van der Waals surface area (Å²) in [4.78, 5) is 29.3. The van der Waals surface area contributed by atoms with E-state index in [0.717, 1.165) is 41.5 Å². The van der Waals surface area contributed by atoms with Gasteiger partial charge in [-0.25, -0.2) is 0 Å². The fourth-order valence-corrected chi connectivity index (χ4v) is 4.36. The van der Waals surface area contributed by atoms with Crippen LogP contribution in [0.3, 0.4) is 0 Å². The van der Waals surface area contributed by atoms with E-state index in [1.807, 2.05) is 18.5 Å². The molecule has 1 aliphatic rings. The zero-order valence-electron chi connectivity index (χ0n) is 21.1. The van der Waals surface area contributed by atoms with Crippen LogP contribution in [-0.4, -0.2) is 59.3 Å². The summed E-state index contributed by atoms with van der Waals surface area (Å²) in [5, 5.41) is 6.66. The molecule has 37 heavy (non-hydrogen) atoms. The Bertz CT molecular complexity index is 1410. The molecule has 1 aliphatic heterocycles. The molecule has 4 aromatic rings. The predicted octanol–water partition coefficient (Wildman–Crippen LogP) is 4.25. The Morgan fingerprint density at radius 3 is 2.78 bits per heavy atom. The number of benzene rings is 1. The van der Waals surface area contributed by atoms with Crippen molar-refractivity contribution in [2.75, 3.05) is 32.7 Å². The zero-order chi connectivity index (χ0) is 25.8. The average Bonchev–Trinajstić information content (AvgIpc) is 3.38. The second-order valence-electron chi connectivity index (χ2n) is 8.72. The number of amides is 1. The van der Waals surface area contributed by atoms with Crippen LogP contribution in [0.15, 0.2) is 42.7 Å². The van der Waals surface area contributed by atoms with Crippen molar-refractivity contribution < 1.29 is 19.0 Å². The third-order valence-electron chi connectivity index (χ3n) is 6.37. The topological polar surface area (TPSA) is 123 Å². The molecular formula is C27H30N6O4. The lowest BCUT2D eigenvalue weighted by Crippen LogP contribution is -2.26. The van der Waals surface area contributed by atoms with Gasteiger partial charge >= 0.3 is 0 Å². The molecule has 0 saturated carbocycles. The van der Waals surface area contributed by atoms with Gasteiger partial charge in [-0.15, -0.1) is 0 Å². The Labute approximate surface area is 214 Å². The minimum absolute atomic E-state index is 0.00697. The third-order valence-corrected chi connectivity index (χ3v) is 6.37. The monoisotopic (exact) mass is 502 g/mol. The van der Waals surface area contributed by atoms with Gasteiger partial charge in [-0.05, 0) is 42.3 Å². The van der Waals surface area contributed by atoms with E-state index in [4.69, 9.17) is 24.2 Å². The molecule has 1 fully saturated rings. The highest BCUT2D eigenvalue weighted by Crippen LogP contribution is 2.37. The number of rotatable bonds is 8. The molecule has 0 bridgehead atoms. The minimum Gasteiger partial charge on any atom is -0.495 e. The number of anilines is 2. The maximum Gasteiger partial charge on any atom is 0.251 e. The maximum atomic E-state index is 12.0. The molecule has 0 aliphatic carbocycles. The average molecular weight is 503 g/mol. The highest BCUT2D eigenvalue weighted by Gasteiger charge is 2.22. The number of fused-ring (bicyclic) bond motifs is 1. The van der Waals surface area contributed by atoms with Gasteiger partial charge in [0, 0.05) is 49.1 Å². The lowest BCUT2D eigenvalue weighted by Gasteiger charge is -2.23. The second-order valence-corrected chi connectivity index (χ2v) is 8.72. The first-order chi connectivity index (χ1) is 18.1. The fourth-order valence-electron chi connectivity index (χ4n) is 4.36. The number of aromatic nitrogens is 4. The maximum absolute atomic E-state index is 12.0. The molecule has 10 nitrogen and oxygen atoms in total. The molecule has 5 rings (SSSR count). The van der Waals surface area contributed by atoms with Crippen LogP contribution >= 0.6 is 0 Å². The smallest absolute Gasteiger partial charge is 0.251 e. The standard InChI is InChI=1S/C27H30N6O4/c1-4-18-13-16(7-10-29-18)20-15-30-24-23(20)26(37-19-8-11-36-12-9-19)33-27(32-24)31-21-6-5-17(25(34)28-2)14-22(21)35-3/h5-7,10,13-15,19H,4,8-9,11-12H2,1-3H3,(H,28,34)(H2,30,31,32,33). The van der Waals surface area contributed by atoms with E-state index < -0.39 is 0 Å². The zero-order valence-corrected chi connectivity index (χ0v) is 21.1. The number of aryl methyl sites for hydroxylation is 1. The van der Waals surface area contributed by atoms with Gasteiger partial charge in [0.25, 0.3) is 5.91 Å². The van der Waals surface area contributed by atoms with E-state index >= 15 is 0 Å². The van der Waals surface area contributed by atoms with Crippen LogP contribution in [-0.2, 0) is 11.2 Å². The molecule has 0 atom stereocenters. The van der Waals surface area contributed by atoms with Crippen molar-refractivity contribution in [1.82, 2.24) is 25.3 Å². The lowest BCUT2D eigenvalue weighted by atomic mass is 10.1. The van der Waals surface area contributed by atoms with Crippen LogP contribution in [0.4, 0.5) is 11.6 Å². The first kappa shape index (κ1) is 24.5. The predicted molar refractivity (Wildman–Crippen MR) is 141 cm³/mol. The van der Waals surface area contributed by atoms with E-state index in [-0.39, 0.29) is 12.0 Å². The number of H-pyrrole nitrogens is 1. The Kier molecular flexibility index (Phi) is 7.18. The number of methoxy groups -OCH3 is 1. The summed E-state index contributed by atoms with van der Waals surface area (Å²) in [6, 6.07) is 9.19. The van der Waals surface area contributed by atoms with Gasteiger partial charge < -0.3 is 29.8 Å². The molecule has 1 amide bonds. The van der Waals surface area contributed by atoms with Gasteiger partial charge in [-0.1, -0.05) is 6.92 Å². The van der Waals surface area contributed by atoms with Crippen LogP contribution in [0.2, 0.25) is 0 Å². The molecule has 0 radical (unpaired) electrons. The molecule has 0 unspecified atom stereocenters. The summed E-state index contributed by atoms with van der Waals surface area (Å²) in [5.74, 6) is 1.13. The van der Waals surface area contributed by atoms with Crippen molar-refractivity contribution in [3.05, 3.63) is 54.0 Å². The molecule has 0 spiro atoms. The molecule has 10 heteroatoms. The van der Waals surface area contributed by atoms with Gasteiger partial charge in [0.1, 0.15) is 17.5 Å². The van der Waals surface area contributed by atoms with Crippen LogP contribution < -0.4 is 20.1 Å². The normalized spacial score (nSPS) is 13.9. The van der Waals surface area contributed by atoms with E-state index in [1.165, 1.54) is 0 Å². The third kappa shape index (κ3) is 5.19. The van der Waals surface area contributed by atoms with Crippen molar-refractivity contribution in [3.63, 3.8) is 0 Å². The van der Waals surface area contributed by atoms with Crippen molar-refractivity contribution in [3.8, 4) is 22.8 Å². The highest BCUT2D eigenvalue weighted by molar-refractivity contribution is 5.98. The number of hydrogen-bond donors (Lipinski definition) is 3. The summed E-state index contributed by atoms with van der Waals surface area (Å²) in [6.07, 6.45) is 6.15. The summed E-state index contributed by atoms with van der Waals surface area (Å²) in [7, 11) is 3.14. The number of carbonyl (C=O) groups excluding carboxylic acids is 1. The van der Waals surface area contributed by atoms with E-state index in [9.17, 15) is 4.79 Å². The summed E-state index contributed by atoms with van der Waals surface area (Å²) in [6.45, 7) is 3.39. The van der Waals surface area contributed by atoms with E-state index in [0.29, 0.717) is 47.7 Å². The van der Waals surface area contributed by atoms with Gasteiger partial charge in [-0.3, -0.25) is 9.78 Å². The number of aromatic amines is 1. The highest BCUT2D eigenvalue weighted by atomic mass is 16.5. The van der Waals surface area contributed by atoms with Gasteiger partial charge in [0.15, 0.2) is 0 Å². The van der Waals surface area contributed by atoms with Crippen LogP contribution in [0.5, 0.6) is 11.6 Å². The summed E-state index contributed by atoms with van der Waals surface area (Å²) in [5.41, 5.74) is 4.73. The molecule has 1 aromatic carbocycles. The first-order valence-corrected chi connectivity index (χ1v) is 12.4. The molecule has 4 heterocycles. The quantitative estimate of drug-likeness (QED) is 0.327. The minimum atomic E-state index is -0.198. The Morgan fingerprint density at radius 2 is 2.03 bits per heavy atom. The number of hydrogen-bond acceptors (Lipinski definition) is 8. The number of nitrogens with one attached hydrogen (secondary N) is 3. The Hall–Kier alpha value is -4.18. The number of pyridine rings is 1. The lowest BCUT2D eigenvalue weighted by molar-refractivity contribution is 0.0244. The Morgan fingerprint density at radius 1 is 1.19 bits per heavy atom. The molecule has 3 N–H and O–H groups in total. The van der Waals surface area contributed by atoms with Gasteiger partial charge in [0.05, 0.1) is 31.4 Å². The largest absolute Gasteiger partial charge is 0.495 e. The second kappa shape index (κ2) is 10.8. The van der Waals surface area contributed by atoms with Gasteiger partial charge in [0.2, 0.25) is 11.8 Å². The summed E-state index contributed by atoms with van der Waals surface area (Å²) < 4.78 is 17.5. The number of carbonyl (C=O) groups is 1. The van der Waals surface area contributed by atoms with Crippen LogP contribution in [0.1, 0.15) is 35.8 Å². The summed E-state index contributed by atoms with van der Waals surface area (Å²) >= 11 is 0. The van der Waals surface area contributed by atoms with Crippen molar-refractivity contribution in [1.29, 1.82) is 0 Å². The fraction of sp³-hybridized carbons (Fsp3) is 0.333. The van der Waals surface area contributed by atoms with Crippen molar-refractivity contribution >= 4 is 28.6 Å². The van der Waals surface area contributed by atoms with E-state index in [2.05, 4.69) is 33.6 Å². The SMILES string of the molecule is CCc1cc(-c2c[nH]c3nc(Nc4ccc(C(=O)NC)cc4OC)nc(OC4CCOCC4)c23)ccn1. The van der Waals surface area contributed by atoms with Gasteiger partial charge in [-0.2, -0.15) is 9.97 Å². The molecule has 192 valence electrons. The van der Waals surface area contributed by atoms with E-state index in [1.54, 1.807) is 32.4 Å². The Balaban J connectivity index is 1.56. The molecule has 1 saturated heterocycles. The molecule has 3 aromatic heterocycles. The van der Waals surface area contributed by atoms with Crippen LogP contribution in [0.25, 0.3) is 22.2 Å². The van der Waals surface area contributed by atoms with Crippen molar-refractivity contribution in [2.24, 2.45) is 0 Å². The van der Waals surface area contributed by atoms with Crippen molar-refractivity contribution in [2.45, 2.75) is 32.3 Å². The number of nitrogens with zero attached hydrogens (tertiary/aromatic N) is 3.